The van der Waals surface area contributed by atoms with E-state index in [1.54, 1.807) is 0 Å². The molecule has 0 aromatic carbocycles. The highest BCUT2D eigenvalue weighted by atomic mass is 31.1. The van der Waals surface area contributed by atoms with Crippen LogP contribution in [0.25, 0.3) is 0 Å². The van der Waals surface area contributed by atoms with Crippen molar-refractivity contribution in [3.63, 3.8) is 0 Å². The van der Waals surface area contributed by atoms with E-state index in [2.05, 4.69) is 13.8 Å². The van der Waals surface area contributed by atoms with Gasteiger partial charge < -0.3 is 0 Å². The highest BCUT2D eigenvalue weighted by Gasteiger charge is 2.19. The van der Waals surface area contributed by atoms with Crippen LogP contribution in [-0.4, -0.2) is 12.3 Å². The molecule has 1 heteroatoms. The molecule has 1 fully saturated rings. The van der Waals surface area contributed by atoms with E-state index in [4.69, 9.17) is 0 Å². The molecule has 48 valence electrons. The Kier molecular flexibility index (Phi) is 1.92. The van der Waals surface area contributed by atoms with Crippen LogP contribution in [0.2, 0.25) is 0 Å². The lowest BCUT2D eigenvalue weighted by molar-refractivity contribution is 0.334. The van der Waals surface area contributed by atoms with Crippen LogP contribution >= 0.6 is 8.58 Å². The Bertz CT molecular complexity index is 68.5. The van der Waals surface area contributed by atoms with Gasteiger partial charge in [0.2, 0.25) is 0 Å². The van der Waals surface area contributed by atoms with Crippen LogP contribution in [0.4, 0.5) is 0 Å². The second-order valence-corrected chi connectivity index (χ2v) is 4.91. The fraction of sp³-hybridized carbons (Fsp3) is 1.00. The van der Waals surface area contributed by atoms with Crippen molar-refractivity contribution >= 4 is 8.58 Å². The maximum Gasteiger partial charge on any atom is -0.0348 e. The molecule has 1 aliphatic heterocycles. The van der Waals surface area contributed by atoms with Crippen molar-refractivity contribution in [3.05, 3.63) is 0 Å². The fourth-order valence-electron chi connectivity index (χ4n) is 1.10. The molecule has 0 aromatic heterocycles. The lowest BCUT2D eigenvalue weighted by Gasteiger charge is -2.28. The van der Waals surface area contributed by atoms with Crippen LogP contribution in [0.5, 0.6) is 0 Å². The molecule has 0 aliphatic carbocycles. The van der Waals surface area contributed by atoms with E-state index in [0.717, 1.165) is 0 Å². The molecule has 0 unspecified atom stereocenters. The van der Waals surface area contributed by atoms with Crippen molar-refractivity contribution < 1.29 is 0 Å². The number of rotatable bonds is 0. The Labute approximate surface area is 53.8 Å². The summed E-state index contributed by atoms with van der Waals surface area (Å²) in [7, 11) is 1.27. The van der Waals surface area contributed by atoms with E-state index in [0.29, 0.717) is 5.41 Å². The first-order valence-electron chi connectivity index (χ1n) is 3.41. The minimum absolute atomic E-state index is 0.686. The monoisotopic (exact) mass is 130 g/mol. The average molecular weight is 130 g/mol. The molecule has 0 amide bonds. The van der Waals surface area contributed by atoms with Crippen molar-refractivity contribution in [2.45, 2.75) is 26.7 Å². The molecule has 0 bridgehead atoms. The van der Waals surface area contributed by atoms with Crippen molar-refractivity contribution in [1.29, 1.82) is 0 Å². The van der Waals surface area contributed by atoms with Crippen LogP contribution < -0.4 is 0 Å². The van der Waals surface area contributed by atoms with E-state index in [9.17, 15) is 0 Å². The van der Waals surface area contributed by atoms with Crippen molar-refractivity contribution in [2.24, 2.45) is 5.41 Å². The summed E-state index contributed by atoms with van der Waals surface area (Å²) in [5.74, 6) is 0. The molecule has 1 aliphatic rings. The minimum atomic E-state index is 0.686. The molecule has 0 spiro atoms. The Balaban J connectivity index is 2.33. The Morgan fingerprint density at radius 3 is 1.88 bits per heavy atom. The zero-order valence-electron chi connectivity index (χ0n) is 5.83. The molecule has 0 nitrogen and oxygen atoms in total. The zero-order chi connectivity index (χ0) is 6.04. The quantitative estimate of drug-likeness (QED) is 0.442. The summed E-state index contributed by atoms with van der Waals surface area (Å²) in [6, 6.07) is 0. The molecular weight excluding hydrogens is 115 g/mol. The molecular formula is C7H15P. The summed E-state index contributed by atoms with van der Waals surface area (Å²) in [4.78, 5) is 0. The molecule has 1 heterocycles. The third-order valence-electron chi connectivity index (χ3n) is 1.96. The minimum Gasteiger partial charge on any atom is -0.122 e. The summed E-state index contributed by atoms with van der Waals surface area (Å²) in [5, 5.41) is 0. The SMILES string of the molecule is CC1(C)CCPCC1. The normalized spacial score (nSPS) is 27.8. The third kappa shape index (κ3) is 1.74. The molecule has 0 aromatic rings. The van der Waals surface area contributed by atoms with Gasteiger partial charge in [-0.2, -0.15) is 0 Å². The Morgan fingerprint density at radius 2 is 1.62 bits per heavy atom. The van der Waals surface area contributed by atoms with Crippen molar-refractivity contribution in [1.82, 2.24) is 0 Å². The molecule has 8 heavy (non-hydrogen) atoms. The summed E-state index contributed by atoms with van der Waals surface area (Å²) >= 11 is 0. The van der Waals surface area contributed by atoms with Gasteiger partial charge in [-0.1, -0.05) is 13.8 Å². The summed E-state index contributed by atoms with van der Waals surface area (Å²) in [5.41, 5.74) is 0.686. The first-order valence-corrected chi connectivity index (χ1v) is 4.83. The second kappa shape index (κ2) is 2.35. The zero-order valence-corrected chi connectivity index (χ0v) is 6.83. The van der Waals surface area contributed by atoms with Crippen molar-refractivity contribution in [3.8, 4) is 0 Å². The van der Waals surface area contributed by atoms with Crippen LogP contribution in [0.1, 0.15) is 26.7 Å². The molecule has 0 radical (unpaired) electrons. The van der Waals surface area contributed by atoms with Crippen LogP contribution in [-0.2, 0) is 0 Å². The molecule has 0 saturated carbocycles. The second-order valence-electron chi connectivity index (χ2n) is 3.41. The highest BCUT2D eigenvalue weighted by Crippen LogP contribution is 2.36. The lowest BCUT2D eigenvalue weighted by atomic mass is 9.87. The first-order chi connectivity index (χ1) is 3.71. The van der Waals surface area contributed by atoms with E-state index in [1.807, 2.05) is 0 Å². The van der Waals surface area contributed by atoms with E-state index in [1.165, 1.54) is 33.7 Å². The largest absolute Gasteiger partial charge is 0.122 e. The molecule has 0 N–H and O–H groups in total. The predicted octanol–water partition coefficient (Wildman–Crippen LogP) is 2.48. The lowest BCUT2D eigenvalue weighted by Crippen LogP contribution is -2.16. The van der Waals surface area contributed by atoms with Gasteiger partial charge in [-0.25, -0.2) is 0 Å². The first kappa shape index (κ1) is 6.55. The average Bonchev–Trinajstić information content (AvgIpc) is 1.65. The van der Waals surface area contributed by atoms with Crippen LogP contribution in [0.3, 0.4) is 0 Å². The van der Waals surface area contributed by atoms with Gasteiger partial charge in [0.1, 0.15) is 0 Å². The predicted molar refractivity (Wildman–Crippen MR) is 41.1 cm³/mol. The summed E-state index contributed by atoms with van der Waals surface area (Å²) < 4.78 is 0. The number of hydrogen-bond acceptors (Lipinski definition) is 0. The molecule has 1 saturated heterocycles. The van der Waals surface area contributed by atoms with Gasteiger partial charge >= 0.3 is 0 Å². The standard InChI is InChI=1S/C7H15P/c1-7(2)3-5-8-6-4-7/h8H,3-6H2,1-2H3. The van der Waals surface area contributed by atoms with Gasteiger partial charge in [0, 0.05) is 0 Å². The van der Waals surface area contributed by atoms with E-state index >= 15 is 0 Å². The van der Waals surface area contributed by atoms with Gasteiger partial charge in [0.05, 0.1) is 0 Å². The number of hydrogen-bond donors (Lipinski definition) is 0. The summed E-state index contributed by atoms with van der Waals surface area (Å²) in [6.45, 7) is 4.77. The highest BCUT2D eigenvalue weighted by molar-refractivity contribution is 7.38. The van der Waals surface area contributed by atoms with Crippen LogP contribution in [0, 0.1) is 5.41 Å². The summed E-state index contributed by atoms with van der Waals surface area (Å²) in [6.07, 6.45) is 5.91. The van der Waals surface area contributed by atoms with Gasteiger partial charge in [-0.3, -0.25) is 0 Å². The van der Waals surface area contributed by atoms with Crippen molar-refractivity contribution in [2.75, 3.05) is 12.3 Å². The smallest absolute Gasteiger partial charge is 0.0348 e. The van der Waals surface area contributed by atoms with Gasteiger partial charge in [-0.15, -0.1) is 8.58 Å². The molecule has 0 atom stereocenters. The maximum absolute atomic E-state index is 2.39. The third-order valence-corrected chi connectivity index (χ3v) is 3.16. The Morgan fingerprint density at radius 1 is 1.12 bits per heavy atom. The van der Waals surface area contributed by atoms with Gasteiger partial charge in [-0.05, 0) is 30.6 Å². The van der Waals surface area contributed by atoms with Gasteiger partial charge in [0.15, 0.2) is 0 Å². The van der Waals surface area contributed by atoms with E-state index in [-0.39, 0.29) is 0 Å². The van der Waals surface area contributed by atoms with Crippen LogP contribution in [0.15, 0.2) is 0 Å². The topological polar surface area (TPSA) is 0 Å². The van der Waals surface area contributed by atoms with E-state index < -0.39 is 0 Å². The molecule has 1 rings (SSSR count). The Hall–Kier alpha value is 0.430. The van der Waals surface area contributed by atoms with Gasteiger partial charge in [0.25, 0.3) is 0 Å². The maximum atomic E-state index is 2.39. The fourth-order valence-corrected chi connectivity index (χ4v) is 3.06.